The number of guanidine groups is 1. The van der Waals surface area contributed by atoms with Gasteiger partial charge in [0.2, 0.25) is 0 Å². The number of amides is 2. The SMILES string of the molecule is [NH]C(=O)CNC(=O)c1cccc(NC(=N)N)c1. The molecule has 0 aliphatic carbocycles. The van der Waals surface area contributed by atoms with Gasteiger partial charge in [0.25, 0.3) is 11.8 Å². The van der Waals surface area contributed by atoms with Gasteiger partial charge >= 0.3 is 0 Å². The van der Waals surface area contributed by atoms with Crippen molar-refractivity contribution in [1.29, 1.82) is 5.41 Å². The maximum Gasteiger partial charge on any atom is 0.257 e. The van der Waals surface area contributed by atoms with Crippen molar-refractivity contribution < 1.29 is 9.59 Å². The number of benzene rings is 1. The first-order chi connectivity index (χ1) is 7.99. The first kappa shape index (κ1) is 12.5. The normalized spacial score (nSPS) is 9.41. The van der Waals surface area contributed by atoms with Crippen molar-refractivity contribution in [3.05, 3.63) is 29.8 Å². The molecule has 1 aromatic rings. The summed E-state index contributed by atoms with van der Waals surface area (Å²) in [6, 6.07) is 6.30. The van der Waals surface area contributed by atoms with Crippen molar-refractivity contribution in [2.24, 2.45) is 5.73 Å². The van der Waals surface area contributed by atoms with Crippen LogP contribution in [-0.2, 0) is 4.79 Å². The van der Waals surface area contributed by atoms with Gasteiger partial charge in [-0.15, -0.1) is 0 Å². The molecule has 1 aromatic carbocycles. The fourth-order valence-electron chi connectivity index (χ4n) is 1.16. The molecule has 0 spiro atoms. The Labute approximate surface area is 97.7 Å². The number of carbonyl (C=O) groups is 2. The molecular formula is C10H12N5O2. The van der Waals surface area contributed by atoms with Crippen LogP contribution in [0.3, 0.4) is 0 Å². The van der Waals surface area contributed by atoms with Gasteiger partial charge < -0.3 is 16.4 Å². The van der Waals surface area contributed by atoms with Crippen LogP contribution in [0.5, 0.6) is 0 Å². The molecule has 0 heterocycles. The van der Waals surface area contributed by atoms with Crippen LogP contribution in [0, 0.1) is 5.41 Å². The predicted molar refractivity (Wildman–Crippen MR) is 62.4 cm³/mol. The number of rotatable bonds is 4. The van der Waals surface area contributed by atoms with Crippen molar-refractivity contribution in [3.8, 4) is 0 Å². The van der Waals surface area contributed by atoms with E-state index in [4.69, 9.17) is 16.9 Å². The van der Waals surface area contributed by atoms with Crippen LogP contribution >= 0.6 is 0 Å². The van der Waals surface area contributed by atoms with Gasteiger partial charge in [-0.2, -0.15) is 0 Å². The molecule has 6 N–H and O–H groups in total. The summed E-state index contributed by atoms with van der Waals surface area (Å²) in [5, 5.41) is 11.9. The van der Waals surface area contributed by atoms with Crippen molar-refractivity contribution in [3.63, 3.8) is 0 Å². The molecule has 2 amide bonds. The number of hydrogen-bond donors (Lipinski definition) is 4. The third-order valence-electron chi connectivity index (χ3n) is 1.81. The molecule has 17 heavy (non-hydrogen) atoms. The molecular weight excluding hydrogens is 222 g/mol. The lowest BCUT2D eigenvalue weighted by atomic mass is 10.2. The van der Waals surface area contributed by atoms with Gasteiger partial charge in [-0.1, -0.05) is 6.07 Å². The zero-order chi connectivity index (χ0) is 12.8. The Morgan fingerprint density at radius 3 is 2.65 bits per heavy atom. The van der Waals surface area contributed by atoms with E-state index in [1.54, 1.807) is 18.2 Å². The minimum atomic E-state index is -0.864. The quantitative estimate of drug-likeness (QED) is 0.414. The van der Waals surface area contributed by atoms with Crippen molar-refractivity contribution in [1.82, 2.24) is 11.1 Å². The Hall–Kier alpha value is -2.57. The Balaban J connectivity index is 2.73. The van der Waals surface area contributed by atoms with E-state index >= 15 is 0 Å². The largest absolute Gasteiger partial charge is 0.370 e. The average molecular weight is 234 g/mol. The van der Waals surface area contributed by atoms with E-state index in [9.17, 15) is 9.59 Å². The zero-order valence-electron chi connectivity index (χ0n) is 8.91. The highest BCUT2D eigenvalue weighted by atomic mass is 16.2. The van der Waals surface area contributed by atoms with Crippen LogP contribution < -0.4 is 22.1 Å². The molecule has 0 bridgehead atoms. The predicted octanol–water partition coefficient (Wildman–Crippen LogP) is -0.469. The summed E-state index contributed by atoms with van der Waals surface area (Å²) in [5.41, 5.74) is 12.6. The third kappa shape index (κ3) is 4.20. The van der Waals surface area contributed by atoms with Gasteiger partial charge in [0.05, 0.1) is 6.54 Å². The number of carbonyl (C=O) groups excluding carboxylic acids is 2. The van der Waals surface area contributed by atoms with Gasteiger partial charge in [-0.05, 0) is 18.2 Å². The topological polar surface area (TPSA) is 132 Å². The minimum Gasteiger partial charge on any atom is -0.370 e. The highest BCUT2D eigenvalue weighted by Crippen LogP contribution is 2.09. The molecule has 1 radical (unpaired) electrons. The highest BCUT2D eigenvalue weighted by molar-refractivity contribution is 5.98. The van der Waals surface area contributed by atoms with E-state index in [0.29, 0.717) is 11.3 Å². The number of nitrogens with two attached hydrogens (primary N) is 1. The molecule has 0 aliphatic heterocycles. The van der Waals surface area contributed by atoms with E-state index in [-0.39, 0.29) is 12.5 Å². The van der Waals surface area contributed by atoms with Crippen molar-refractivity contribution >= 4 is 23.5 Å². The molecule has 0 unspecified atom stereocenters. The summed E-state index contributed by atoms with van der Waals surface area (Å²) in [4.78, 5) is 21.9. The van der Waals surface area contributed by atoms with E-state index in [0.717, 1.165) is 0 Å². The van der Waals surface area contributed by atoms with E-state index in [1.807, 2.05) is 0 Å². The molecule has 7 nitrogen and oxygen atoms in total. The van der Waals surface area contributed by atoms with Gasteiger partial charge in [-0.25, -0.2) is 0 Å². The molecule has 89 valence electrons. The summed E-state index contributed by atoms with van der Waals surface area (Å²) in [5.74, 6) is -1.56. The number of hydrogen-bond acceptors (Lipinski definition) is 3. The maximum absolute atomic E-state index is 11.5. The third-order valence-corrected chi connectivity index (χ3v) is 1.81. The Morgan fingerprint density at radius 1 is 1.35 bits per heavy atom. The van der Waals surface area contributed by atoms with Crippen LogP contribution in [0.1, 0.15) is 10.4 Å². The van der Waals surface area contributed by atoms with Crippen LogP contribution in [0.2, 0.25) is 0 Å². The summed E-state index contributed by atoms with van der Waals surface area (Å²) < 4.78 is 0. The molecule has 0 atom stereocenters. The minimum absolute atomic E-state index is 0.233. The molecule has 0 saturated carbocycles. The van der Waals surface area contributed by atoms with Gasteiger partial charge in [0.1, 0.15) is 0 Å². The van der Waals surface area contributed by atoms with Crippen LogP contribution in [0.25, 0.3) is 0 Å². The number of anilines is 1. The van der Waals surface area contributed by atoms with Crippen LogP contribution in [0.4, 0.5) is 5.69 Å². The van der Waals surface area contributed by atoms with Gasteiger partial charge in [-0.3, -0.25) is 20.7 Å². The highest BCUT2D eigenvalue weighted by Gasteiger charge is 2.07. The van der Waals surface area contributed by atoms with Crippen LogP contribution in [0.15, 0.2) is 24.3 Å². The standard InChI is InChI=1S/C10H12N5O2/c11-8(16)5-14-9(17)6-2-1-3-7(4-6)15-10(12)13/h1-4,11H,5H2,(H,14,17)(H4,12,13,15). The Kier molecular flexibility index (Phi) is 4.04. The summed E-state index contributed by atoms with van der Waals surface area (Å²) in [6.45, 7) is -0.330. The van der Waals surface area contributed by atoms with E-state index in [1.165, 1.54) is 6.07 Å². The van der Waals surface area contributed by atoms with Crippen molar-refractivity contribution in [2.45, 2.75) is 0 Å². The van der Waals surface area contributed by atoms with Crippen LogP contribution in [-0.4, -0.2) is 24.3 Å². The second kappa shape index (κ2) is 5.50. The second-order valence-corrected chi connectivity index (χ2v) is 3.23. The zero-order valence-corrected chi connectivity index (χ0v) is 8.91. The lowest BCUT2D eigenvalue weighted by Crippen LogP contribution is -2.30. The van der Waals surface area contributed by atoms with Gasteiger partial charge in [0.15, 0.2) is 5.96 Å². The molecule has 0 aromatic heterocycles. The molecule has 0 aliphatic rings. The van der Waals surface area contributed by atoms with Gasteiger partial charge in [0, 0.05) is 11.3 Å². The monoisotopic (exact) mass is 234 g/mol. The molecule has 0 fully saturated rings. The summed E-state index contributed by atoms with van der Waals surface area (Å²) in [7, 11) is 0. The fourth-order valence-corrected chi connectivity index (χ4v) is 1.16. The smallest absolute Gasteiger partial charge is 0.257 e. The maximum atomic E-state index is 11.5. The summed E-state index contributed by atoms with van der Waals surface area (Å²) in [6.07, 6.45) is 0. The Morgan fingerprint density at radius 2 is 2.06 bits per heavy atom. The van der Waals surface area contributed by atoms with E-state index in [2.05, 4.69) is 10.6 Å². The lowest BCUT2D eigenvalue weighted by molar-refractivity contribution is -0.117. The fraction of sp³-hybridized carbons (Fsp3) is 0.100. The van der Waals surface area contributed by atoms with E-state index < -0.39 is 11.8 Å². The van der Waals surface area contributed by atoms with Crippen molar-refractivity contribution in [2.75, 3.05) is 11.9 Å². The molecule has 0 saturated heterocycles. The first-order valence-corrected chi connectivity index (χ1v) is 4.73. The summed E-state index contributed by atoms with van der Waals surface area (Å²) >= 11 is 0. The lowest BCUT2D eigenvalue weighted by Gasteiger charge is -2.06. The average Bonchev–Trinajstić information content (AvgIpc) is 2.25. The number of nitrogens with one attached hydrogen (secondary N) is 4. The molecule has 7 heteroatoms. The Bertz CT molecular complexity index is 458. The molecule has 1 rings (SSSR count). The second-order valence-electron chi connectivity index (χ2n) is 3.23. The first-order valence-electron chi connectivity index (χ1n) is 4.73.